The van der Waals surface area contributed by atoms with E-state index in [2.05, 4.69) is 5.32 Å². The van der Waals surface area contributed by atoms with Crippen molar-refractivity contribution in [1.82, 2.24) is 4.90 Å². The molecule has 1 amide bonds. The molecule has 0 aliphatic carbocycles. The van der Waals surface area contributed by atoms with E-state index < -0.39 is 0 Å². The lowest BCUT2D eigenvalue weighted by Crippen LogP contribution is -2.26. The first-order valence-corrected chi connectivity index (χ1v) is 4.31. The van der Waals surface area contributed by atoms with Gasteiger partial charge in [0.15, 0.2) is 0 Å². The molecule has 0 fully saturated rings. The van der Waals surface area contributed by atoms with Gasteiger partial charge in [-0.05, 0) is 26.2 Å². The number of aromatic hydroxyl groups is 1. The first-order valence-electron chi connectivity index (χ1n) is 4.31. The van der Waals surface area contributed by atoms with E-state index in [4.69, 9.17) is 5.11 Å². The molecule has 0 spiro atoms. The van der Waals surface area contributed by atoms with E-state index in [-0.39, 0.29) is 11.7 Å². The Morgan fingerprint density at radius 3 is 2.79 bits per heavy atom. The van der Waals surface area contributed by atoms with Gasteiger partial charge in [0.05, 0.1) is 6.54 Å². The van der Waals surface area contributed by atoms with E-state index in [1.54, 1.807) is 23.1 Å². The largest absolute Gasteiger partial charge is 0.508 e. The first-order chi connectivity index (χ1) is 6.58. The minimum Gasteiger partial charge on any atom is -0.508 e. The number of likely N-dealkylation sites (N-methyl/N-ethyl adjacent to an activating group) is 1. The van der Waals surface area contributed by atoms with Crippen LogP contribution in [0.4, 0.5) is 5.69 Å². The van der Waals surface area contributed by atoms with Crippen molar-refractivity contribution in [2.24, 2.45) is 0 Å². The predicted molar refractivity (Wildman–Crippen MR) is 55.3 cm³/mol. The second-order valence-corrected chi connectivity index (χ2v) is 3.34. The van der Waals surface area contributed by atoms with Gasteiger partial charge >= 0.3 is 0 Å². The molecule has 76 valence electrons. The number of anilines is 1. The zero-order valence-corrected chi connectivity index (χ0v) is 8.32. The number of nitrogens with zero attached hydrogens (tertiary/aromatic N) is 1. The van der Waals surface area contributed by atoms with Crippen LogP contribution in [0, 0.1) is 0 Å². The minimum absolute atomic E-state index is 0.0967. The first kappa shape index (κ1) is 10.5. The second kappa shape index (κ2) is 4.62. The van der Waals surface area contributed by atoms with Crippen LogP contribution < -0.4 is 5.32 Å². The average molecular weight is 194 g/mol. The highest BCUT2D eigenvalue weighted by molar-refractivity contribution is 5.92. The standard InChI is InChI=1S/C10H14N2O2/c1-12(2)7-10(14)11-8-4-3-5-9(13)6-8/h3-6,13H,7H2,1-2H3,(H,11,14). The Balaban J connectivity index is 2.56. The van der Waals surface area contributed by atoms with Gasteiger partial charge in [0.25, 0.3) is 0 Å². The lowest BCUT2D eigenvalue weighted by molar-refractivity contribution is -0.116. The third kappa shape index (κ3) is 3.45. The molecule has 0 aromatic heterocycles. The Morgan fingerprint density at radius 1 is 1.50 bits per heavy atom. The van der Waals surface area contributed by atoms with Crippen LogP contribution in [0.25, 0.3) is 0 Å². The van der Waals surface area contributed by atoms with E-state index in [9.17, 15) is 4.79 Å². The smallest absolute Gasteiger partial charge is 0.238 e. The molecular weight excluding hydrogens is 180 g/mol. The van der Waals surface area contributed by atoms with Gasteiger partial charge < -0.3 is 15.3 Å². The van der Waals surface area contributed by atoms with E-state index in [0.717, 1.165) is 0 Å². The number of carbonyl (C=O) groups is 1. The maximum Gasteiger partial charge on any atom is 0.238 e. The van der Waals surface area contributed by atoms with Crippen molar-refractivity contribution in [2.45, 2.75) is 0 Å². The summed E-state index contributed by atoms with van der Waals surface area (Å²) >= 11 is 0. The van der Waals surface area contributed by atoms with Gasteiger partial charge in [0.2, 0.25) is 5.91 Å². The molecule has 0 aliphatic heterocycles. The third-order valence-corrected chi connectivity index (χ3v) is 1.59. The topological polar surface area (TPSA) is 52.6 Å². The van der Waals surface area contributed by atoms with Gasteiger partial charge in [-0.2, -0.15) is 0 Å². The number of rotatable bonds is 3. The zero-order valence-electron chi connectivity index (χ0n) is 8.32. The monoisotopic (exact) mass is 194 g/mol. The molecule has 0 aliphatic rings. The SMILES string of the molecule is CN(C)CC(=O)Nc1cccc(O)c1. The van der Waals surface area contributed by atoms with Crippen molar-refractivity contribution >= 4 is 11.6 Å². The van der Waals surface area contributed by atoms with Gasteiger partial charge in [-0.25, -0.2) is 0 Å². The van der Waals surface area contributed by atoms with Crippen LogP contribution in [0.5, 0.6) is 5.75 Å². The van der Waals surface area contributed by atoms with Crippen LogP contribution in [0.3, 0.4) is 0 Å². The summed E-state index contributed by atoms with van der Waals surface area (Å²) in [6.07, 6.45) is 0. The van der Waals surface area contributed by atoms with Gasteiger partial charge in [-0.15, -0.1) is 0 Å². The number of phenols is 1. The van der Waals surface area contributed by atoms with Gasteiger partial charge in [-0.1, -0.05) is 6.07 Å². The fraction of sp³-hybridized carbons (Fsp3) is 0.300. The predicted octanol–water partition coefficient (Wildman–Crippen LogP) is 0.892. The van der Waals surface area contributed by atoms with Crippen LogP contribution in [-0.4, -0.2) is 36.6 Å². The summed E-state index contributed by atoms with van der Waals surface area (Å²) < 4.78 is 0. The summed E-state index contributed by atoms with van der Waals surface area (Å²) in [7, 11) is 3.64. The van der Waals surface area contributed by atoms with Gasteiger partial charge in [0.1, 0.15) is 5.75 Å². The zero-order chi connectivity index (χ0) is 10.6. The Kier molecular flexibility index (Phi) is 3.48. The number of phenolic OH excluding ortho intramolecular Hbond substituents is 1. The second-order valence-electron chi connectivity index (χ2n) is 3.34. The number of hydrogen-bond acceptors (Lipinski definition) is 3. The van der Waals surface area contributed by atoms with Gasteiger partial charge in [-0.3, -0.25) is 4.79 Å². The van der Waals surface area contributed by atoms with Crippen molar-refractivity contribution in [3.8, 4) is 5.75 Å². The molecule has 14 heavy (non-hydrogen) atoms. The highest BCUT2D eigenvalue weighted by atomic mass is 16.3. The molecular formula is C10H14N2O2. The van der Waals surface area contributed by atoms with Crippen molar-refractivity contribution in [3.05, 3.63) is 24.3 Å². The molecule has 1 aromatic carbocycles. The van der Waals surface area contributed by atoms with E-state index in [1.165, 1.54) is 6.07 Å². The van der Waals surface area contributed by atoms with Gasteiger partial charge in [0, 0.05) is 11.8 Å². The lowest BCUT2D eigenvalue weighted by atomic mass is 10.3. The van der Waals surface area contributed by atoms with Crippen molar-refractivity contribution < 1.29 is 9.90 Å². The van der Waals surface area contributed by atoms with Crippen molar-refractivity contribution in [1.29, 1.82) is 0 Å². The molecule has 2 N–H and O–H groups in total. The number of amides is 1. The van der Waals surface area contributed by atoms with Crippen LogP contribution in [0.15, 0.2) is 24.3 Å². The summed E-state index contributed by atoms with van der Waals surface area (Å²) in [5, 5.41) is 11.8. The quantitative estimate of drug-likeness (QED) is 0.751. The minimum atomic E-state index is -0.0967. The summed E-state index contributed by atoms with van der Waals surface area (Å²) in [5.41, 5.74) is 0.608. The van der Waals surface area contributed by atoms with Crippen molar-refractivity contribution in [2.75, 3.05) is 26.0 Å². The fourth-order valence-corrected chi connectivity index (χ4v) is 1.07. The molecule has 1 rings (SSSR count). The summed E-state index contributed by atoms with van der Waals surface area (Å²) in [5.74, 6) is 0.0493. The van der Waals surface area contributed by atoms with Crippen LogP contribution in [0.2, 0.25) is 0 Å². The molecule has 0 bridgehead atoms. The highest BCUT2D eigenvalue weighted by Crippen LogP contribution is 2.14. The molecule has 0 radical (unpaired) electrons. The maximum absolute atomic E-state index is 11.3. The molecule has 0 heterocycles. The molecule has 4 heteroatoms. The molecule has 0 unspecified atom stereocenters. The van der Waals surface area contributed by atoms with Crippen LogP contribution >= 0.6 is 0 Å². The Hall–Kier alpha value is -1.55. The summed E-state index contributed by atoms with van der Waals surface area (Å²) in [6.45, 7) is 0.329. The van der Waals surface area contributed by atoms with E-state index in [1.807, 2.05) is 14.1 Å². The lowest BCUT2D eigenvalue weighted by Gasteiger charge is -2.09. The third-order valence-electron chi connectivity index (χ3n) is 1.59. The van der Waals surface area contributed by atoms with Crippen LogP contribution in [0.1, 0.15) is 0 Å². The number of carbonyl (C=O) groups excluding carboxylic acids is 1. The normalized spacial score (nSPS) is 10.2. The fourth-order valence-electron chi connectivity index (χ4n) is 1.07. The summed E-state index contributed by atoms with van der Waals surface area (Å²) in [6, 6.07) is 6.48. The molecule has 0 atom stereocenters. The molecule has 0 saturated carbocycles. The molecule has 1 aromatic rings. The molecule has 4 nitrogen and oxygen atoms in total. The maximum atomic E-state index is 11.3. The summed E-state index contributed by atoms with van der Waals surface area (Å²) in [4.78, 5) is 13.1. The number of nitrogens with one attached hydrogen (secondary N) is 1. The Labute approximate surface area is 83.2 Å². The van der Waals surface area contributed by atoms with E-state index >= 15 is 0 Å². The highest BCUT2D eigenvalue weighted by Gasteiger charge is 2.03. The van der Waals surface area contributed by atoms with Crippen LogP contribution in [-0.2, 0) is 4.79 Å². The molecule has 0 saturated heterocycles. The van der Waals surface area contributed by atoms with Crippen molar-refractivity contribution in [3.63, 3.8) is 0 Å². The average Bonchev–Trinajstić information content (AvgIpc) is 2.01. The Morgan fingerprint density at radius 2 is 2.21 bits per heavy atom. The number of hydrogen-bond donors (Lipinski definition) is 2. The number of benzene rings is 1. The Bertz CT molecular complexity index is 324. The van der Waals surface area contributed by atoms with E-state index in [0.29, 0.717) is 12.2 Å².